The molecule has 328 valence electrons. The second kappa shape index (κ2) is 42.9. The van der Waals surface area contributed by atoms with E-state index in [1.807, 2.05) is 0 Å². The maximum absolute atomic E-state index is 12.4. The fourth-order valence-electron chi connectivity index (χ4n) is 6.74. The van der Waals surface area contributed by atoms with Crippen LogP contribution in [0.1, 0.15) is 232 Å². The molecular weight excluding hydrogens is 723 g/mol. The average molecular weight is 811 g/mol. The molecule has 0 heterocycles. The van der Waals surface area contributed by atoms with Gasteiger partial charge in [0.25, 0.3) is 0 Å². The third kappa shape index (κ3) is 45.0. The first-order chi connectivity index (χ1) is 27.3. The Hall–Kier alpha value is -1.73. The van der Waals surface area contributed by atoms with Gasteiger partial charge in [0.2, 0.25) is 0 Å². The molecule has 0 bridgehead atoms. The lowest BCUT2D eigenvalue weighted by Crippen LogP contribution is -2.29. The fourth-order valence-corrected chi connectivity index (χ4v) is 7.10. The van der Waals surface area contributed by atoms with E-state index in [0.29, 0.717) is 6.42 Å². The average Bonchev–Trinajstić information content (AvgIpc) is 3.17. The Bertz CT molecular complexity index is 1000. The van der Waals surface area contributed by atoms with Gasteiger partial charge in [-0.3, -0.25) is 14.1 Å². The molecule has 2 N–H and O–H groups in total. The summed E-state index contributed by atoms with van der Waals surface area (Å²) in [5.74, 6) is -0.886. The molecule has 0 amide bonds. The number of carbonyl (C=O) groups is 2. The van der Waals surface area contributed by atoms with E-state index in [-0.39, 0.29) is 19.4 Å². The zero-order chi connectivity index (χ0) is 41.1. The van der Waals surface area contributed by atoms with E-state index in [1.54, 1.807) is 0 Å². The molecule has 1 atom stereocenters. The van der Waals surface area contributed by atoms with Crippen molar-refractivity contribution in [1.82, 2.24) is 0 Å². The number of rotatable bonds is 43. The largest absolute Gasteiger partial charge is 0.469 e. The van der Waals surface area contributed by atoms with E-state index in [2.05, 4.69) is 54.8 Å². The summed E-state index contributed by atoms with van der Waals surface area (Å²) in [7, 11) is -4.76. The van der Waals surface area contributed by atoms with Gasteiger partial charge in [0, 0.05) is 12.8 Å². The third-order valence-electron chi connectivity index (χ3n) is 10.2. The third-order valence-corrected chi connectivity index (χ3v) is 10.7. The number of esters is 2. The van der Waals surface area contributed by atoms with Crippen LogP contribution in [-0.4, -0.2) is 41.0 Å². The lowest BCUT2D eigenvalue weighted by molar-refractivity contribution is -0.161. The first kappa shape index (κ1) is 54.3. The van der Waals surface area contributed by atoms with Crippen LogP contribution >= 0.6 is 7.82 Å². The molecule has 0 fully saturated rings. The van der Waals surface area contributed by atoms with Gasteiger partial charge < -0.3 is 19.3 Å². The van der Waals surface area contributed by atoms with Gasteiger partial charge in [0.05, 0.1) is 6.61 Å². The van der Waals surface area contributed by atoms with Crippen LogP contribution in [0.4, 0.5) is 0 Å². The van der Waals surface area contributed by atoms with Gasteiger partial charge in [-0.05, 0) is 44.9 Å². The van der Waals surface area contributed by atoms with Gasteiger partial charge in [0.1, 0.15) is 6.61 Å². The van der Waals surface area contributed by atoms with Crippen molar-refractivity contribution in [2.24, 2.45) is 0 Å². The molecule has 0 saturated heterocycles. The minimum atomic E-state index is -4.76. The molecule has 0 aromatic heterocycles. The van der Waals surface area contributed by atoms with Crippen molar-refractivity contribution in [2.45, 2.75) is 238 Å². The van der Waals surface area contributed by atoms with Gasteiger partial charge in [-0.25, -0.2) is 4.57 Å². The Morgan fingerprint density at radius 3 is 1.29 bits per heavy atom. The number of phosphoric ester groups is 1. The molecule has 1 unspecified atom stereocenters. The predicted octanol–water partition coefficient (Wildman–Crippen LogP) is 14.5. The minimum absolute atomic E-state index is 0.202. The molecule has 8 nitrogen and oxygen atoms in total. The topological polar surface area (TPSA) is 119 Å². The summed E-state index contributed by atoms with van der Waals surface area (Å²) in [5, 5.41) is 0. The standard InChI is InChI=1S/C47H87O8P/c1-3-5-7-9-11-13-15-17-19-21-22-23-24-26-27-29-31-33-35-37-39-41-46(48)53-43-45(44-54-56(50,51)52)55-47(49)42-40-38-36-34-32-30-28-25-20-18-16-14-12-10-8-6-4-2/h6,8,12,14,18,20,45H,3-5,7,9-11,13,15-17,19,21-44H2,1-2H3,(H2,50,51,52)/b8-6-,14-12-,20-18-. The highest BCUT2D eigenvalue weighted by Crippen LogP contribution is 2.36. The van der Waals surface area contributed by atoms with Crippen molar-refractivity contribution in [3.63, 3.8) is 0 Å². The van der Waals surface area contributed by atoms with Crippen LogP contribution in [0.5, 0.6) is 0 Å². The van der Waals surface area contributed by atoms with Crippen molar-refractivity contribution in [1.29, 1.82) is 0 Å². The van der Waals surface area contributed by atoms with Crippen LogP contribution in [0.2, 0.25) is 0 Å². The van der Waals surface area contributed by atoms with Gasteiger partial charge in [-0.1, -0.05) is 211 Å². The van der Waals surface area contributed by atoms with Gasteiger partial charge in [-0.2, -0.15) is 0 Å². The van der Waals surface area contributed by atoms with Gasteiger partial charge in [0.15, 0.2) is 6.10 Å². The summed E-state index contributed by atoms with van der Waals surface area (Å²) in [5.41, 5.74) is 0. The maximum atomic E-state index is 12.4. The van der Waals surface area contributed by atoms with Crippen LogP contribution in [0.3, 0.4) is 0 Å². The number of ether oxygens (including phenoxy) is 2. The van der Waals surface area contributed by atoms with Gasteiger partial charge in [-0.15, -0.1) is 0 Å². The zero-order valence-corrected chi connectivity index (χ0v) is 37.2. The maximum Gasteiger partial charge on any atom is 0.469 e. The highest BCUT2D eigenvalue weighted by Gasteiger charge is 2.23. The van der Waals surface area contributed by atoms with Crippen LogP contribution < -0.4 is 0 Å². The lowest BCUT2D eigenvalue weighted by Gasteiger charge is -2.18. The summed E-state index contributed by atoms with van der Waals surface area (Å²) in [4.78, 5) is 43.0. The Balaban J connectivity index is 3.83. The molecule has 0 radical (unpaired) electrons. The quantitative estimate of drug-likeness (QED) is 0.0270. The second-order valence-electron chi connectivity index (χ2n) is 15.7. The van der Waals surface area contributed by atoms with Gasteiger partial charge >= 0.3 is 19.8 Å². The van der Waals surface area contributed by atoms with Crippen LogP contribution in [0, 0.1) is 0 Å². The monoisotopic (exact) mass is 811 g/mol. The summed E-state index contributed by atoms with van der Waals surface area (Å²) in [6.45, 7) is 3.60. The normalized spacial score (nSPS) is 12.7. The zero-order valence-electron chi connectivity index (χ0n) is 36.3. The molecular formula is C47H87O8P. The number of phosphoric acid groups is 1. The molecule has 0 aliphatic heterocycles. The molecule has 0 aromatic carbocycles. The highest BCUT2D eigenvalue weighted by molar-refractivity contribution is 7.46. The Labute approximate surface area is 344 Å². The van der Waals surface area contributed by atoms with Crippen LogP contribution in [0.15, 0.2) is 36.5 Å². The van der Waals surface area contributed by atoms with Crippen molar-refractivity contribution in [2.75, 3.05) is 13.2 Å². The molecule has 0 aliphatic rings. The van der Waals surface area contributed by atoms with Crippen LogP contribution in [-0.2, 0) is 28.2 Å². The molecule has 0 aromatic rings. The Morgan fingerprint density at radius 1 is 0.482 bits per heavy atom. The van der Waals surface area contributed by atoms with E-state index in [4.69, 9.17) is 19.3 Å². The first-order valence-electron chi connectivity index (χ1n) is 23.3. The Kier molecular flexibility index (Phi) is 41.5. The number of hydrogen-bond acceptors (Lipinski definition) is 6. The summed E-state index contributed by atoms with van der Waals surface area (Å²) >= 11 is 0. The summed E-state index contributed by atoms with van der Waals surface area (Å²) in [6.07, 6.45) is 51.6. The molecule has 0 saturated carbocycles. The predicted molar refractivity (Wildman–Crippen MR) is 235 cm³/mol. The summed E-state index contributed by atoms with van der Waals surface area (Å²) < 4.78 is 26.5. The molecule has 56 heavy (non-hydrogen) atoms. The van der Waals surface area contributed by atoms with E-state index in [0.717, 1.165) is 64.2 Å². The lowest BCUT2D eigenvalue weighted by atomic mass is 10.0. The summed E-state index contributed by atoms with van der Waals surface area (Å²) in [6, 6.07) is 0. The minimum Gasteiger partial charge on any atom is -0.462 e. The second-order valence-corrected chi connectivity index (χ2v) is 16.9. The van der Waals surface area contributed by atoms with E-state index in [1.165, 1.54) is 135 Å². The molecule has 0 aliphatic carbocycles. The van der Waals surface area contributed by atoms with E-state index in [9.17, 15) is 14.2 Å². The van der Waals surface area contributed by atoms with Crippen molar-refractivity contribution in [3.05, 3.63) is 36.5 Å². The SMILES string of the molecule is CC/C=C\C/C=C\C/C=C\CCCCCCCCCC(=O)OC(COC(=O)CCCCCCCCCCCCCCCCCCCCCCC)COP(=O)(O)O. The molecule has 0 spiro atoms. The number of hydrogen-bond donors (Lipinski definition) is 2. The smallest absolute Gasteiger partial charge is 0.462 e. The van der Waals surface area contributed by atoms with Crippen molar-refractivity contribution in [3.8, 4) is 0 Å². The Morgan fingerprint density at radius 2 is 0.857 bits per heavy atom. The van der Waals surface area contributed by atoms with Crippen molar-refractivity contribution < 1.29 is 37.9 Å². The first-order valence-corrected chi connectivity index (χ1v) is 24.8. The molecule has 0 rings (SSSR count). The van der Waals surface area contributed by atoms with Crippen LogP contribution in [0.25, 0.3) is 0 Å². The van der Waals surface area contributed by atoms with Crippen molar-refractivity contribution >= 4 is 19.8 Å². The number of allylic oxidation sites excluding steroid dienone is 6. The molecule has 9 heteroatoms. The fraction of sp³-hybridized carbons (Fsp3) is 0.830. The number of carbonyl (C=O) groups excluding carboxylic acids is 2. The number of unbranched alkanes of at least 4 members (excludes halogenated alkanes) is 27. The van der Waals surface area contributed by atoms with E-state index >= 15 is 0 Å². The highest BCUT2D eigenvalue weighted by atomic mass is 31.2. The van der Waals surface area contributed by atoms with E-state index < -0.39 is 32.5 Å².